The molecule has 158 valence electrons. The van der Waals surface area contributed by atoms with Gasteiger partial charge in [-0.2, -0.15) is 4.31 Å². The number of amides is 1. The van der Waals surface area contributed by atoms with Crippen molar-refractivity contribution in [2.45, 2.75) is 37.7 Å². The van der Waals surface area contributed by atoms with Crippen LogP contribution in [0.5, 0.6) is 0 Å². The van der Waals surface area contributed by atoms with Gasteiger partial charge in [-0.25, -0.2) is 8.42 Å². The molecule has 0 aliphatic carbocycles. The highest BCUT2D eigenvalue weighted by atomic mass is 32.2. The van der Waals surface area contributed by atoms with Crippen LogP contribution in [-0.4, -0.2) is 56.1 Å². The molecule has 1 aliphatic rings. The summed E-state index contributed by atoms with van der Waals surface area (Å²) in [6, 6.07) is 5.91. The fourth-order valence-corrected chi connectivity index (χ4v) is 4.51. The van der Waals surface area contributed by atoms with E-state index in [0.29, 0.717) is 18.4 Å². The molecule has 1 amide bonds. The molecule has 1 N–H and O–H groups in total. The normalized spacial score (nSPS) is 16.6. The van der Waals surface area contributed by atoms with Crippen molar-refractivity contribution >= 4 is 27.7 Å². The molecule has 0 radical (unpaired) electrons. The van der Waals surface area contributed by atoms with E-state index in [1.807, 2.05) is 0 Å². The van der Waals surface area contributed by atoms with Crippen LogP contribution in [0.15, 0.2) is 41.8 Å². The number of nitrogens with zero attached hydrogens (tertiary/aromatic N) is 1. The number of carbonyl (C=O) groups is 3. The highest BCUT2D eigenvalue weighted by Gasteiger charge is 2.34. The number of esters is 1. The van der Waals surface area contributed by atoms with E-state index >= 15 is 0 Å². The number of sulfonamides is 1. The van der Waals surface area contributed by atoms with E-state index in [2.05, 4.69) is 11.9 Å². The van der Waals surface area contributed by atoms with Gasteiger partial charge in [-0.05, 0) is 38.8 Å². The second-order valence-electron chi connectivity index (χ2n) is 6.88. The standard InChI is InChI=1S/C20H26N2O6S/c1-4-10-21-19(24)15(3)28-20(25)16-8-11-22(12-9-16)29(26,27)18-7-5-6-17(13-18)14(2)23/h4-7,13,15-16H,1,8-12H2,2-3H3,(H,21,24)/t15-/m1/s1. The van der Waals surface area contributed by atoms with Gasteiger partial charge >= 0.3 is 5.97 Å². The van der Waals surface area contributed by atoms with E-state index in [9.17, 15) is 22.8 Å². The molecule has 1 fully saturated rings. The molecule has 0 unspecified atom stereocenters. The Morgan fingerprint density at radius 3 is 2.55 bits per heavy atom. The summed E-state index contributed by atoms with van der Waals surface area (Å²) in [5.74, 6) is -1.61. The first-order valence-corrected chi connectivity index (χ1v) is 10.8. The van der Waals surface area contributed by atoms with Crippen LogP contribution in [0.1, 0.15) is 37.0 Å². The topological polar surface area (TPSA) is 110 Å². The number of ketones is 1. The Balaban J connectivity index is 1.96. The zero-order valence-electron chi connectivity index (χ0n) is 16.6. The van der Waals surface area contributed by atoms with Gasteiger partial charge in [0.25, 0.3) is 5.91 Å². The third-order valence-electron chi connectivity index (χ3n) is 4.75. The van der Waals surface area contributed by atoms with Gasteiger partial charge in [0, 0.05) is 25.2 Å². The minimum absolute atomic E-state index is 0.0544. The fraction of sp³-hybridized carbons (Fsp3) is 0.450. The van der Waals surface area contributed by atoms with E-state index in [0.717, 1.165) is 0 Å². The maximum atomic E-state index is 12.8. The second kappa shape index (κ2) is 9.80. The minimum atomic E-state index is -3.76. The van der Waals surface area contributed by atoms with Crippen molar-refractivity contribution in [1.29, 1.82) is 0 Å². The van der Waals surface area contributed by atoms with Crippen molar-refractivity contribution in [2.75, 3.05) is 19.6 Å². The molecule has 29 heavy (non-hydrogen) atoms. The predicted molar refractivity (Wildman–Crippen MR) is 107 cm³/mol. The highest BCUT2D eigenvalue weighted by Crippen LogP contribution is 2.25. The summed E-state index contributed by atoms with van der Waals surface area (Å²) < 4.78 is 32.2. The Hall–Kier alpha value is -2.52. The van der Waals surface area contributed by atoms with Crippen LogP contribution >= 0.6 is 0 Å². The molecule has 0 aromatic heterocycles. The molecule has 1 saturated heterocycles. The molecule has 9 heteroatoms. The number of piperidine rings is 1. The van der Waals surface area contributed by atoms with Crippen molar-refractivity contribution in [3.63, 3.8) is 0 Å². The number of benzene rings is 1. The lowest BCUT2D eigenvalue weighted by Gasteiger charge is -2.30. The Bertz CT molecular complexity index is 888. The molecule has 1 aromatic rings. The summed E-state index contributed by atoms with van der Waals surface area (Å²) in [7, 11) is -3.76. The second-order valence-corrected chi connectivity index (χ2v) is 8.81. The zero-order chi connectivity index (χ0) is 21.6. The summed E-state index contributed by atoms with van der Waals surface area (Å²) >= 11 is 0. The summed E-state index contributed by atoms with van der Waals surface area (Å²) in [6.07, 6.45) is 1.18. The molecule has 2 rings (SSSR count). The van der Waals surface area contributed by atoms with Crippen molar-refractivity contribution in [3.8, 4) is 0 Å². The smallest absolute Gasteiger partial charge is 0.309 e. The average Bonchev–Trinajstić information content (AvgIpc) is 2.71. The van der Waals surface area contributed by atoms with E-state index < -0.39 is 33.9 Å². The van der Waals surface area contributed by atoms with Crippen LogP contribution in [0.4, 0.5) is 0 Å². The van der Waals surface area contributed by atoms with Crippen LogP contribution in [0.25, 0.3) is 0 Å². The number of ether oxygens (including phenoxy) is 1. The predicted octanol–water partition coefficient (Wildman–Crippen LogP) is 1.52. The number of carbonyl (C=O) groups excluding carboxylic acids is 3. The third kappa shape index (κ3) is 5.74. The van der Waals surface area contributed by atoms with Crippen molar-refractivity contribution in [3.05, 3.63) is 42.5 Å². The van der Waals surface area contributed by atoms with Gasteiger partial charge in [-0.3, -0.25) is 14.4 Å². The van der Waals surface area contributed by atoms with Crippen molar-refractivity contribution < 1.29 is 27.5 Å². The summed E-state index contributed by atoms with van der Waals surface area (Å²) in [4.78, 5) is 35.7. The van der Waals surface area contributed by atoms with Gasteiger partial charge in [-0.15, -0.1) is 6.58 Å². The lowest BCUT2D eigenvalue weighted by molar-refractivity contribution is -0.159. The first-order valence-electron chi connectivity index (χ1n) is 9.37. The molecule has 1 heterocycles. The van der Waals surface area contributed by atoms with Gasteiger partial charge in [0.15, 0.2) is 11.9 Å². The van der Waals surface area contributed by atoms with Crippen molar-refractivity contribution in [1.82, 2.24) is 9.62 Å². The number of nitrogens with one attached hydrogen (secondary N) is 1. The molecule has 0 spiro atoms. The third-order valence-corrected chi connectivity index (χ3v) is 6.64. The van der Waals surface area contributed by atoms with E-state index in [-0.39, 0.29) is 30.3 Å². The van der Waals surface area contributed by atoms with Crippen LogP contribution < -0.4 is 5.32 Å². The van der Waals surface area contributed by atoms with E-state index in [1.165, 1.54) is 42.4 Å². The van der Waals surface area contributed by atoms with Crippen LogP contribution in [0.2, 0.25) is 0 Å². The van der Waals surface area contributed by atoms with Gasteiger partial charge in [0.05, 0.1) is 10.8 Å². The molecule has 0 bridgehead atoms. The fourth-order valence-electron chi connectivity index (χ4n) is 3.00. The Morgan fingerprint density at radius 2 is 1.97 bits per heavy atom. The average molecular weight is 423 g/mol. The largest absolute Gasteiger partial charge is 0.452 e. The van der Waals surface area contributed by atoms with Gasteiger partial charge in [0.2, 0.25) is 10.0 Å². The molecule has 1 aromatic carbocycles. The first-order chi connectivity index (χ1) is 13.7. The van der Waals surface area contributed by atoms with Crippen molar-refractivity contribution in [2.24, 2.45) is 5.92 Å². The SMILES string of the molecule is C=CCNC(=O)[C@@H](C)OC(=O)C1CCN(S(=O)(=O)c2cccc(C(C)=O)c2)CC1. The van der Waals surface area contributed by atoms with Crippen LogP contribution in [0.3, 0.4) is 0 Å². The summed E-state index contributed by atoms with van der Waals surface area (Å²) in [6.45, 7) is 6.95. The lowest BCUT2D eigenvalue weighted by Crippen LogP contribution is -2.42. The number of rotatable bonds is 8. The summed E-state index contributed by atoms with van der Waals surface area (Å²) in [5, 5.41) is 2.55. The Kier molecular flexibility index (Phi) is 7.69. The Labute approximate surface area is 171 Å². The van der Waals surface area contributed by atoms with Gasteiger partial charge in [-0.1, -0.05) is 18.2 Å². The summed E-state index contributed by atoms with van der Waals surface area (Å²) in [5.41, 5.74) is 0.327. The molecule has 1 aliphatic heterocycles. The minimum Gasteiger partial charge on any atom is -0.452 e. The maximum Gasteiger partial charge on any atom is 0.309 e. The van der Waals surface area contributed by atoms with Gasteiger partial charge in [0.1, 0.15) is 0 Å². The monoisotopic (exact) mass is 422 g/mol. The molecule has 8 nitrogen and oxygen atoms in total. The molecule has 1 atom stereocenters. The highest BCUT2D eigenvalue weighted by molar-refractivity contribution is 7.89. The molecular weight excluding hydrogens is 396 g/mol. The van der Waals surface area contributed by atoms with E-state index in [4.69, 9.17) is 4.74 Å². The number of Topliss-reactive ketones (excluding diaryl/α,β-unsaturated/α-hetero) is 1. The quantitative estimate of drug-likeness (QED) is 0.386. The first kappa shape index (κ1) is 22.8. The number of hydrogen-bond donors (Lipinski definition) is 1. The van der Waals surface area contributed by atoms with Crippen LogP contribution in [-0.2, 0) is 24.3 Å². The molecule has 0 saturated carbocycles. The maximum absolute atomic E-state index is 12.8. The zero-order valence-corrected chi connectivity index (χ0v) is 17.4. The van der Waals surface area contributed by atoms with E-state index in [1.54, 1.807) is 6.07 Å². The van der Waals surface area contributed by atoms with Crippen LogP contribution in [0, 0.1) is 5.92 Å². The molecular formula is C20H26N2O6S. The number of hydrogen-bond acceptors (Lipinski definition) is 6. The lowest BCUT2D eigenvalue weighted by atomic mass is 9.98. The Morgan fingerprint density at radius 1 is 1.31 bits per heavy atom. The van der Waals surface area contributed by atoms with Gasteiger partial charge < -0.3 is 10.1 Å².